The summed E-state index contributed by atoms with van der Waals surface area (Å²) in [5, 5.41) is 5.56. The fourth-order valence-electron chi connectivity index (χ4n) is 2.62. The first-order valence-electron chi connectivity index (χ1n) is 9.12. The number of rotatable bonds is 5. The molecule has 28 heavy (non-hydrogen) atoms. The maximum absolute atomic E-state index is 12.5. The molecule has 0 spiro atoms. The molecule has 1 fully saturated rings. The van der Waals surface area contributed by atoms with E-state index in [4.69, 9.17) is 21.1 Å². The summed E-state index contributed by atoms with van der Waals surface area (Å²) in [5.74, 6) is -0.408. The molecule has 1 heterocycles. The lowest BCUT2D eigenvalue weighted by Gasteiger charge is -2.32. The van der Waals surface area contributed by atoms with Crippen molar-refractivity contribution in [3.8, 4) is 5.75 Å². The molecule has 1 aliphatic rings. The monoisotopic (exact) mass is 413 g/mol. The Hall–Kier alpha value is -2.32. The number of nitrogens with zero attached hydrogens (tertiary/aromatic N) is 1. The van der Waals surface area contributed by atoms with Crippen LogP contribution < -0.4 is 15.4 Å². The van der Waals surface area contributed by atoms with Crippen LogP contribution in [0.3, 0.4) is 0 Å². The largest absolute Gasteiger partial charge is 0.496 e. The molecule has 1 unspecified atom stereocenters. The van der Waals surface area contributed by atoms with Crippen LogP contribution in [0.1, 0.15) is 38.1 Å². The predicted molar refractivity (Wildman–Crippen MR) is 108 cm³/mol. The minimum atomic E-state index is -0.387. The number of carbonyl (C=O) groups is 3. The fourth-order valence-corrected chi connectivity index (χ4v) is 2.83. The quantitative estimate of drug-likeness (QED) is 0.772. The highest BCUT2D eigenvalue weighted by Crippen LogP contribution is 2.31. The normalized spacial score (nSPS) is 15.8. The lowest BCUT2D eigenvalue weighted by molar-refractivity contribution is -0.136. The zero-order chi connectivity index (χ0) is 21.3. The van der Waals surface area contributed by atoms with Gasteiger partial charge in [0.15, 0.2) is 0 Å². The third kappa shape index (κ3) is 6.69. The van der Waals surface area contributed by atoms with E-state index in [0.29, 0.717) is 25.4 Å². The second-order valence-electron chi connectivity index (χ2n) is 5.88. The summed E-state index contributed by atoms with van der Waals surface area (Å²) < 4.78 is 10.8. The van der Waals surface area contributed by atoms with Gasteiger partial charge in [-0.2, -0.15) is 0 Å². The van der Waals surface area contributed by atoms with Gasteiger partial charge in [0.2, 0.25) is 11.8 Å². The van der Waals surface area contributed by atoms with Gasteiger partial charge in [-0.25, -0.2) is 0 Å². The highest BCUT2D eigenvalue weighted by molar-refractivity contribution is 6.34. The van der Waals surface area contributed by atoms with E-state index in [2.05, 4.69) is 10.6 Å². The van der Waals surface area contributed by atoms with Crippen molar-refractivity contribution in [2.45, 2.75) is 33.8 Å². The first-order valence-corrected chi connectivity index (χ1v) is 9.50. The van der Waals surface area contributed by atoms with Crippen LogP contribution in [-0.4, -0.2) is 62.1 Å². The first-order chi connectivity index (χ1) is 13.3. The summed E-state index contributed by atoms with van der Waals surface area (Å²) in [6.45, 7) is 8.52. The van der Waals surface area contributed by atoms with Crippen molar-refractivity contribution >= 4 is 35.0 Å². The summed E-state index contributed by atoms with van der Waals surface area (Å²) in [6.07, 6.45) is -0.281. The fraction of sp³-hybridized carbons (Fsp3) is 0.526. The molecule has 156 valence electrons. The van der Waals surface area contributed by atoms with Crippen molar-refractivity contribution in [1.29, 1.82) is 0 Å². The van der Waals surface area contributed by atoms with Crippen molar-refractivity contribution in [3.63, 3.8) is 0 Å². The number of amides is 3. The van der Waals surface area contributed by atoms with Gasteiger partial charge in [-0.15, -0.1) is 0 Å². The third-order valence-corrected chi connectivity index (χ3v) is 4.23. The van der Waals surface area contributed by atoms with Gasteiger partial charge in [-0.1, -0.05) is 25.4 Å². The van der Waals surface area contributed by atoms with Gasteiger partial charge in [0.05, 0.1) is 36.1 Å². The van der Waals surface area contributed by atoms with Crippen LogP contribution in [0.15, 0.2) is 12.1 Å². The molecule has 0 radical (unpaired) electrons. The minimum absolute atomic E-state index is 0.0216. The molecule has 1 aliphatic heterocycles. The predicted octanol–water partition coefficient (Wildman–Crippen LogP) is 2.31. The number of morpholine rings is 1. The minimum Gasteiger partial charge on any atom is -0.496 e. The van der Waals surface area contributed by atoms with E-state index in [1.807, 2.05) is 13.8 Å². The van der Waals surface area contributed by atoms with Crippen LogP contribution in [0.25, 0.3) is 0 Å². The lowest BCUT2D eigenvalue weighted by atomic mass is 10.1. The van der Waals surface area contributed by atoms with Crippen LogP contribution in [0.4, 0.5) is 5.69 Å². The Balaban J connectivity index is 0.00000190. The Morgan fingerprint density at radius 2 is 1.96 bits per heavy atom. The van der Waals surface area contributed by atoms with Crippen molar-refractivity contribution in [2.24, 2.45) is 0 Å². The zero-order valence-electron chi connectivity index (χ0n) is 16.9. The standard InChI is InChI=1S/C17H22ClN3O5.C2H6/c1-10(22)20-15-7-16(25-3)13(6-14(15)18)17(24)19-8-12-9-21(11(2)23)4-5-26-12;1-2/h6-7,12H,4-5,8-9H2,1-3H3,(H,19,24)(H,20,22);1-2H3. The molecule has 8 nitrogen and oxygen atoms in total. The molecule has 2 rings (SSSR count). The third-order valence-electron chi connectivity index (χ3n) is 3.92. The Labute approximate surface area is 170 Å². The van der Waals surface area contributed by atoms with E-state index in [1.165, 1.54) is 33.1 Å². The molecule has 0 bridgehead atoms. The Morgan fingerprint density at radius 1 is 1.29 bits per heavy atom. The number of hydrogen-bond donors (Lipinski definition) is 2. The molecule has 1 atom stereocenters. The van der Waals surface area contributed by atoms with E-state index >= 15 is 0 Å². The number of hydrogen-bond acceptors (Lipinski definition) is 5. The average molecular weight is 414 g/mol. The molecule has 0 saturated carbocycles. The molecular formula is C19H28ClN3O5. The lowest BCUT2D eigenvalue weighted by Crippen LogP contribution is -2.49. The van der Waals surface area contributed by atoms with Crippen LogP contribution in [-0.2, 0) is 14.3 Å². The topological polar surface area (TPSA) is 97.0 Å². The van der Waals surface area contributed by atoms with E-state index in [-0.39, 0.29) is 46.7 Å². The number of halogens is 1. The van der Waals surface area contributed by atoms with Gasteiger partial charge in [0.25, 0.3) is 5.91 Å². The molecule has 0 aliphatic carbocycles. The number of nitrogens with one attached hydrogen (secondary N) is 2. The van der Waals surface area contributed by atoms with Gasteiger partial charge >= 0.3 is 0 Å². The van der Waals surface area contributed by atoms with Crippen molar-refractivity contribution in [1.82, 2.24) is 10.2 Å². The number of methoxy groups -OCH3 is 1. The van der Waals surface area contributed by atoms with Gasteiger partial charge < -0.3 is 25.0 Å². The number of ether oxygens (including phenoxy) is 2. The summed E-state index contributed by atoms with van der Waals surface area (Å²) in [5.41, 5.74) is 0.603. The van der Waals surface area contributed by atoms with Crippen LogP contribution in [0.2, 0.25) is 5.02 Å². The van der Waals surface area contributed by atoms with Gasteiger partial charge in [0, 0.05) is 39.5 Å². The van der Waals surface area contributed by atoms with Crippen LogP contribution in [0.5, 0.6) is 5.75 Å². The molecule has 1 saturated heterocycles. The number of benzene rings is 1. The summed E-state index contributed by atoms with van der Waals surface area (Å²) >= 11 is 6.13. The molecule has 2 N–H and O–H groups in total. The SMILES string of the molecule is CC.COc1cc(NC(C)=O)c(Cl)cc1C(=O)NCC1CN(C(C)=O)CCO1. The zero-order valence-corrected chi connectivity index (χ0v) is 17.7. The maximum Gasteiger partial charge on any atom is 0.255 e. The summed E-state index contributed by atoms with van der Waals surface area (Å²) in [6, 6.07) is 2.93. The maximum atomic E-state index is 12.5. The van der Waals surface area contributed by atoms with Crippen molar-refractivity contribution in [2.75, 3.05) is 38.7 Å². The highest BCUT2D eigenvalue weighted by atomic mass is 35.5. The van der Waals surface area contributed by atoms with E-state index in [1.54, 1.807) is 4.90 Å². The second-order valence-corrected chi connectivity index (χ2v) is 6.29. The first kappa shape index (κ1) is 23.7. The smallest absolute Gasteiger partial charge is 0.255 e. The van der Waals surface area contributed by atoms with E-state index < -0.39 is 0 Å². The Bertz CT molecular complexity index is 711. The Kier molecular flexibility index (Phi) is 9.75. The second kappa shape index (κ2) is 11.5. The van der Waals surface area contributed by atoms with Gasteiger partial charge in [-0.05, 0) is 6.07 Å². The van der Waals surface area contributed by atoms with Gasteiger partial charge in [0.1, 0.15) is 5.75 Å². The van der Waals surface area contributed by atoms with E-state index in [9.17, 15) is 14.4 Å². The summed E-state index contributed by atoms with van der Waals surface area (Å²) in [7, 11) is 1.42. The molecule has 9 heteroatoms. The van der Waals surface area contributed by atoms with Crippen LogP contribution in [0, 0.1) is 0 Å². The Morgan fingerprint density at radius 3 is 2.54 bits per heavy atom. The van der Waals surface area contributed by atoms with E-state index in [0.717, 1.165) is 0 Å². The average Bonchev–Trinajstić information content (AvgIpc) is 2.68. The molecular weight excluding hydrogens is 386 g/mol. The van der Waals surface area contributed by atoms with Crippen LogP contribution >= 0.6 is 11.6 Å². The number of carbonyl (C=O) groups excluding carboxylic acids is 3. The van der Waals surface area contributed by atoms with Gasteiger partial charge in [-0.3, -0.25) is 14.4 Å². The highest BCUT2D eigenvalue weighted by Gasteiger charge is 2.23. The summed E-state index contributed by atoms with van der Waals surface area (Å²) in [4.78, 5) is 36.8. The van der Waals surface area contributed by atoms with Crippen molar-refractivity contribution in [3.05, 3.63) is 22.7 Å². The molecule has 0 aromatic heterocycles. The van der Waals surface area contributed by atoms with Crippen molar-refractivity contribution < 1.29 is 23.9 Å². The molecule has 3 amide bonds. The molecule has 1 aromatic carbocycles. The molecule has 1 aromatic rings. The number of anilines is 1.